The highest BCUT2D eigenvalue weighted by atomic mass is 16.5. The van der Waals surface area contributed by atoms with Gasteiger partial charge in [-0.25, -0.2) is 4.79 Å². The first-order chi connectivity index (χ1) is 5.61. The lowest BCUT2D eigenvalue weighted by Gasteiger charge is -2.22. The first-order valence-corrected chi connectivity index (χ1v) is 4.64. The molecule has 0 fully saturated rings. The summed E-state index contributed by atoms with van der Waals surface area (Å²) in [5.74, 6) is 1.01. The number of hydrogen-bond donors (Lipinski definition) is 0. The predicted octanol–water partition coefficient (Wildman–Crippen LogP) is 2.53. The van der Waals surface area contributed by atoms with Gasteiger partial charge in [-0.3, -0.25) is 0 Å². The summed E-state index contributed by atoms with van der Waals surface area (Å²) in [6, 6.07) is 0. The van der Waals surface area contributed by atoms with E-state index in [-0.39, 0.29) is 6.10 Å². The summed E-state index contributed by atoms with van der Waals surface area (Å²) >= 11 is 0. The topological polar surface area (TPSA) is 26.3 Å². The van der Waals surface area contributed by atoms with Crippen molar-refractivity contribution in [1.82, 2.24) is 0 Å². The van der Waals surface area contributed by atoms with E-state index in [1.165, 1.54) is 6.47 Å². The Morgan fingerprint density at radius 2 is 1.92 bits per heavy atom. The summed E-state index contributed by atoms with van der Waals surface area (Å²) in [6.45, 7) is 10.0. The molecule has 0 rings (SSSR count). The first kappa shape index (κ1) is 11.5. The van der Waals surface area contributed by atoms with Crippen LogP contribution in [0.2, 0.25) is 0 Å². The fourth-order valence-corrected chi connectivity index (χ4v) is 1.19. The molecular weight excluding hydrogens is 152 g/mol. The molecule has 0 aliphatic carbocycles. The molecule has 1 radical (unpaired) electrons. The van der Waals surface area contributed by atoms with Gasteiger partial charge < -0.3 is 4.74 Å². The molecule has 12 heavy (non-hydrogen) atoms. The van der Waals surface area contributed by atoms with Gasteiger partial charge in [-0.1, -0.05) is 34.1 Å². The molecule has 0 bridgehead atoms. The summed E-state index contributed by atoms with van der Waals surface area (Å²) in [4.78, 5) is 10.1. The van der Waals surface area contributed by atoms with Gasteiger partial charge in [0.25, 0.3) is 0 Å². The molecule has 0 heterocycles. The van der Waals surface area contributed by atoms with E-state index in [0.29, 0.717) is 11.8 Å². The molecule has 0 aliphatic heterocycles. The number of ether oxygens (including phenoxy) is 1. The van der Waals surface area contributed by atoms with Gasteiger partial charge in [0.2, 0.25) is 0 Å². The minimum absolute atomic E-state index is 0.0486. The van der Waals surface area contributed by atoms with Gasteiger partial charge in [0.1, 0.15) is 6.10 Å². The first-order valence-electron chi connectivity index (χ1n) is 4.64. The molecule has 0 spiro atoms. The Labute approximate surface area is 75.3 Å². The molecular formula is C10H19O2. The van der Waals surface area contributed by atoms with E-state index in [0.717, 1.165) is 12.8 Å². The van der Waals surface area contributed by atoms with Crippen molar-refractivity contribution in [1.29, 1.82) is 0 Å². The van der Waals surface area contributed by atoms with E-state index in [1.54, 1.807) is 0 Å². The molecule has 2 atom stereocenters. The lowest BCUT2D eigenvalue weighted by Crippen LogP contribution is -2.22. The monoisotopic (exact) mass is 171 g/mol. The minimum Gasteiger partial charge on any atom is -0.454 e. The maximum atomic E-state index is 10.1. The van der Waals surface area contributed by atoms with Crippen LogP contribution in [0.5, 0.6) is 0 Å². The van der Waals surface area contributed by atoms with E-state index in [2.05, 4.69) is 27.7 Å². The van der Waals surface area contributed by atoms with Crippen molar-refractivity contribution < 1.29 is 9.53 Å². The molecule has 71 valence electrons. The fraction of sp³-hybridized carbons (Fsp3) is 0.900. The van der Waals surface area contributed by atoms with Gasteiger partial charge in [-0.05, 0) is 18.3 Å². The van der Waals surface area contributed by atoms with E-state index in [4.69, 9.17) is 4.74 Å². The molecule has 0 aromatic carbocycles. The largest absolute Gasteiger partial charge is 0.454 e. The SMILES string of the molecule is CCC(C)C(CC(C)C)O[C]=O. The van der Waals surface area contributed by atoms with Crippen LogP contribution >= 0.6 is 0 Å². The third-order valence-electron chi connectivity index (χ3n) is 2.18. The molecule has 2 unspecified atom stereocenters. The summed E-state index contributed by atoms with van der Waals surface area (Å²) in [6.07, 6.45) is 2.02. The van der Waals surface area contributed by atoms with Gasteiger partial charge in [-0.15, -0.1) is 0 Å². The predicted molar refractivity (Wildman–Crippen MR) is 49.5 cm³/mol. The molecule has 0 saturated carbocycles. The second kappa shape index (κ2) is 6.04. The molecule has 2 nitrogen and oxygen atoms in total. The summed E-state index contributed by atoms with van der Waals surface area (Å²) < 4.78 is 4.90. The van der Waals surface area contributed by atoms with Gasteiger partial charge in [0.05, 0.1) is 0 Å². The Bertz CT molecular complexity index is 121. The fourth-order valence-electron chi connectivity index (χ4n) is 1.19. The van der Waals surface area contributed by atoms with Gasteiger partial charge >= 0.3 is 6.47 Å². The van der Waals surface area contributed by atoms with E-state index in [1.807, 2.05) is 0 Å². The Balaban J connectivity index is 3.92. The van der Waals surface area contributed by atoms with Crippen molar-refractivity contribution in [2.75, 3.05) is 0 Å². The van der Waals surface area contributed by atoms with Crippen LogP contribution in [0.15, 0.2) is 0 Å². The normalized spacial score (nSPS) is 15.8. The average molecular weight is 171 g/mol. The summed E-state index contributed by atoms with van der Waals surface area (Å²) in [7, 11) is 0. The Morgan fingerprint density at radius 1 is 1.33 bits per heavy atom. The maximum absolute atomic E-state index is 10.1. The molecule has 2 heteroatoms. The minimum atomic E-state index is 0.0486. The van der Waals surface area contributed by atoms with Crippen LogP contribution in [0, 0.1) is 11.8 Å². The van der Waals surface area contributed by atoms with Crippen molar-refractivity contribution in [3.8, 4) is 0 Å². The van der Waals surface area contributed by atoms with Crippen molar-refractivity contribution in [2.45, 2.75) is 46.6 Å². The quantitative estimate of drug-likeness (QED) is 0.614. The summed E-state index contributed by atoms with van der Waals surface area (Å²) in [5.41, 5.74) is 0. The Kier molecular flexibility index (Phi) is 5.77. The van der Waals surface area contributed by atoms with Crippen molar-refractivity contribution >= 4 is 6.47 Å². The van der Waals surface area contributed by atoms with Crippen LogP contribution in [0.3, 0.4) is 0 Å². The highest BCUT2D eigenvalue weighted by Crippen LogP contribution is 2.18. The molecule has 0 amide bonds. The smallest absolute Gasteiger partial charge is 0.417 e. The lowest BCUT2D eigenvalue weighted by molar-refractivity contribution is 0.0996. The standard InChI is InChI=1S/C10H19O2/c1-5-9(4)10(12-7-11)6-8(2)3/h8-10H,5-6H2,1-4H3. The van der Waals surface area contributed by atoms with Crippen LogP contribution in [0.1, 0.15) is 40.5 Å². The zero-order valence-corrected chi connectivity index (χ0v) is 8.46. The number of hydrogen-bond acceptors (Lipinski definition) is 2. The Morgan fingerprint density at radius 3 is 2.25 bits per heavy atom. The highest BCUT2D eigenvalue weighted by Gasteiger charge is 2.18. The number of rotatable bonds is 6. The third-order valence-corrected chi connectivity index (χ3v) is 2.18. The van der Waals surface area contributed by atoms with Gasteiger partial charge in [-0.2, -0.15) is 0 Å². The van der Waals surface area contributed by atoms with Crippen molar-refractivity contribution in [3.05, 3.63) is 0 Å². The molecule has 0 aromatic heterocycles. The number of carbonyl (C=O) groups excluding carboxylic acids is 1. The van der Waals surface area contributed by atoms with E-state index >= 15 is 0 Å². The summed E-state index contributed by atoms with van der Waals surface area (Å²) in [5, 5.41) is 0. The second-order valence-electron chi connectivity index (χ2n) is 3.75. The molecule has 0 saturated heterocycles. The van der Waals surface area contributed by atoms with Crippen LogP contribution in [0.4, 0.5) is 0 Å². The van der Waals surface area contributed by atoms with Crippen molar-refractivity contribution in [3.63, 3.8) is 0 Å². The van der Waals surface area contributed by atoms with Crippen LogP contribution in [0.25, 0.3) is 0 Å². The molecule has 0 aromatic rings. The van der Waals surface area contributed by atoms with Crippen LogP contribution < -0.4 is 0 Å². The zero-order chi connectivity index (χ0) is 9.56. The van der Waals surface area contributed by atoms with Gasteiger partial charge in [0, 0.05) is 0 Å². The average Bonchev–Trinajstić information content (AvgIpc) is 2.01. The highest BCUT2D eigenvalue weighted by molar-refractivity contribution is 5.38. The third kappa shape index (κ3) is 4.37. The Hall–Kier alpha value is -0.530. The van der Waals surface area contributed by atoms with Crippen LogP contribution in [-0.2, 0) is 9.53 Å². The second-order valence-corrected chi connectivity index (χ2v) is 3.75. The van der Waals surface area contributed by atoms with Crippen LogP contribution in [-0.4, -0.2) is 12.6 Å². The molecule has 0 N–H and O–H groups in total. The maximum Gasteiger partial charge on any atom is 0.417 e. The van der Waals surface area contributed by atoms with Crippen molar-refractivity contribution in [2.24, 2.45) is 11.8 Å². The van der Waals surface area contributed by atoms with E-state index in [9.17, 15) is 4.79 Å². The zero-order valence-electron chi connectivity index (χ0n) is 8.46. The molecule has 0 aliphatic rings. The lowest BCUT2D eigenvalue weighted by atomic mass is 9.94. The van der Waals surface area contributed by atoms with E-state index < -0.39 is 0 Å². The van der Waals surface area contributed by atoms with Gasteiger partial charge in [0.15, 0.2) is 0 Å².